The number of nitrogens with zero attached hydrogens (tertiary/aromatic N) is 3. The van der Waals surface area contributed by atoms with Gasteiger partial charge < -0.3 is 10.6 Å². The van der Waals surface area contributed by atoms with Gasteiger partial charge in [0.1, 0.15) is 0 Å². The zero-order chi connectivity index (χ0) is 32.9. The van der Waals surface area contributed by atoms with Crippen molar-refractivity contribution in [3.8, 4) is 0 Å². The lowest BCUT2D eigenvalue weighted by atomic mass is 10.1. The Morgan fingerprint density at radius 1 is 0.292 bits per heavy atom. The van der Waals surface area contributed by atoms with Crippen LogP contribution in [-0.4, -0.2) is 67.1 Å². The van der Waals surface area contributed by atoms with Crippen LogP contribution in [0, 0.1) is 0 Å². The van der Waals surface area contributed by atoms with Gasteiger partial charge in [-0.25, -0.2) is 0 Å². The van der Waals surface area contributed by atoms with E-state index < -0.39 is 0 Å². The smallest absolute Gasteiger partial charge is 0.0237 e. The fourth-order valence-corrected chi connectivity index (χ4v) is 6.07. The highest BCUT2D eigenvalue weighted by Crippen LogP contribution is 2.12. The molecule has 0 radical (unpaired) electrons. The zero-order valence-electron chi connectivity index (χ0n) is 28.5. The summed E-state index contributed by atoms with van der Waals surface area (Å²) in [5, 5.41) is 7.42. The van der Waals surface area contributed by atoms with E-state index in [2.05, 4.69) is 177 Å². The molecule has 0 unspecified atom stereocenters. The van der Waals surface area contributed by atoms with E-state index in [-0.39, 0.29) is 0 Å². The molecule has 0 heterocycles. The predicted molar refractivity (Wildman–Crippen MR) is 201 cm³/mol. The third-order valence-electron chi connectivity index (χ3n) is 8.71. The second-order valence-electron chi connectivity index (χ2n) is 12.6. The van der Waals surface area contributed by atoms with Gasteiger partial charge in [-0.1, -0.05) is 152 Å². The Hall–Kier alpha value is -4.10. The highest BCUT2D eigenvalue weighted by molar-refractivity contribution is 5.18. The monoisotopic (exact) mass is 639 g/mol. The molecule has 0 aliphatic carbocycles. The minimum absolute atomic E-state index is 0.906. The SMILES string of the molecule is c1ccc(CNCCN(CCNCCN(CCN(Cc2ccccc2)Cc2ccccc2)Cc2ccccc2)Cc2ccccc2)cc1. The van der Waals surface area contributed by atoms with E-state index in [4.69, 9.17) is 0 Å². The first kappa shape index (κ1) is 35.2. The summed E-state index contributed by atoms with van der Waals surface area (Å²) in [5.74, 6) is 0. The topological polar surface area (TPSA) is 33.8 Å². The molecule has 0 aromatic heterocycles. The number of hydrogen-bond acceptors (Lipinski definition) is 5. The van der Waals surface area contributed by atoms with Crippen LogP contribution in [0.4, 0.5) is 0 Å². The molecule has 5 nitrogen and oxygen atoms in total. The van der Waals surface area contributed by atoms with Crippen LogP contribution in [0.15, 0.2) is 152 Å². The Kier molecular flexibility index (Phi) is 15.4. The Morgan fingerprint density at radius 2 is 0.583 bits per heavy atom. The maximum Gasteiger partial charge on any atom is 0.0237 e. The molecule has 0 aliphatic rings. The van der Waals surface area contributed by atoms with Gasteiger partial charge in [0.2, 0.25) is 0 Å². The molecule has 0 spiro atoms. The lowest BCUT2D eigenvalue weighted by Crippen LogP contribution is -2.40. The van der Waals surface area contributed by atoms with Crippen molar-refractivity contribution in [1.82, 2.24) is 25.3 Å². The lowest BCUT2D eigenvalue weighted by molar-refractivity contribution is 0.187. The van der Waals surface area contributed by atoms with E-state index in [1.165, 1.54) is 27.8 Å². The van der Waals surface area contributed by atoms with Crippen LogP contribution < -0.4 is 10.6 Å². The minimum atomic E-state index is 0.906. The third-order valence-corrected chi connectivity index (χ3v) is 8.71. The Balaban J connectivity index is 1.12. The van der Waals surface area contributed by atoms with Crippen LogP contribution in [0.2, 0.25) is 0 Å². The lowest BCUT2D eigenvalue weighted by Gasteiger charge is -2.28. The molecule has 0 bridgehead atoms. The minimum Gasteiger partial charge on any atom is -0.314 e. The Labute approximate surface area is 289 Å². The molecule has 0 amide bonds. The van der Waals surface area contributed by atoms with Gasteiger partial charge in [-0.3, -0.25) is 14.7 Å². The second-order valence-corrected chi connectivity index (χ2v) is 12.6. The van der Waals surface area contributed by atoms with Crippen molar-refractivity contribution < 1.29 is 0 Å². The largest absolute Gasteiger partial charge is 0.314 e. The summed E-state index contributed by atoms with van der Waals surface area (Å²) >= 11 is 0. The summed E-state index contributed by atoms with van der Waals surface area (Å²) < 4.78 is 0. The van der Waals surface area contributed by atoms with Crippen molar-refractivity contribution in [2.75, 3.05) is 52.4 Å². The number of nitrogens with one attached hydrogen (secondary N) is 2. The van der Waals surface area contributed by atoms with Crippen molar-refractivity contribution in [3.05, 3.63) is 179 Å². The second kappa shape index (κ2) is 21.0. The van der Waals surface area contributed by atoms with Crippen LogP contribution >= 0.6 is 0 Å². The average Bonchev–Trinajstić information content (AvgIpc) is 3.14. The quantitative estimate of drug-likeness (QED) is 0.0792. The molecule has 0 aliphatic heterocycles. The maximum absolute atomic E-state index is 3.78. The average molecular weight is 640 g/mol. The van der Waals surface area contributed by atoms with Crippen molar-refractivity contribution in [3.63, 3.8) is 0 Å². The summed E-state index contributed by atoms with van der Waals surface area (Å²) in [5.41, 5.74) is 6.79. The first-order valence-electron chi connectivity index (χ1n) is 17.6. The van der Waals surface area contributed by atoms with E-state index >= 15 is 0 Å². The standard InChI is InChI=1S/C43H53N5/c1-6-16-39(17-7-1)34-45-28-31-46(35-40-18-8-2-9-19-40)29-26-44-27-30-47(36-41-20-10-3-11-21-41)32-33-48(37-42-22-12-4-13-23-42)38-43-24-14-5-15-25-43/h1-25,44-45H,26-38H2. The molecule has 0 saturated heterocycles. The highest BCUT2D eigenvalue weighted by Gasteiger charge is 2.12. The fraction of sp³-hybridized carbons (Fsp3) is 0.302. The van der Waals surface area contributed by atoms with Crippen LogP contribution in [0.25, 0.3) is 0 Å². The number of hydrogen-bond donors (Lipinski definition) is 2. The maximum atomic E-state index is 3.78. The first-order valence-corrected chi connectivity index (χ1v) is 17.6. The Bertz CT molecular complexity index is 1460. The summed E-state index contributed by atoms with van der Waals surface area (Å²) in [7, 11) is 0. The van der Waals surface area contributed by atoms with Gasteiger partial charge >= 0.3 is 0 Å². The van der Waals surface area contributed by atoms with Crippen molar-refractivity contribution in [2.45, 2.75) is 32.7 Å². The van der Waals surface area contributed by atoms with E-state index in [1.807, 2.05) is 0 Å². The van der Waals surface area contributed by atoms with Gasteiger partial charge in [-0.2, -0.15) is 0 Å². The Morgan fingerprint density at radius 3 is 0.979 bits per heavy atom. The van der Waals surface area contributed by atoms with Gasteiger partial charge in [-0.15, -0.1) is 0 Å². The van der Waals surface area contributed by atoms with Gasteiger partial charge in [0, 0.05) is 85.1 Å². The molecule has 2 N–H and O–H groups in total. The molecule has 0 fully saturated rings. The van der Waals surface area contributed by atoms with Crippen molar-refractivity contribution in [2.24, 2.45) is 0 Å². The van der Waals surface area contributed by atoms with Gasteiger partial charge in [0.25, 0.3) is 0 Å². The summed E-state index contributed by atoms with van der Waals surface area (Å²) in [6.07, 6.45) is 0. The van der Waals surface area contributed by atoms with Crippen molar-refractivity contribution in [1.29, 1.82) is 0 Å². The molecular weight excluding hydrogens is 587 g/mol. The molecule has 5 aromatic rings. The summed E-state index contributed by atoms with van der Waals surface area (Å²) in [6, 6.07) is 54.2. The molecule has 5 aromatic carbocycles. The van der Waals surface area contributed by atoms with Crippen LogP contribution in [-0.2, 0) is 32.7 Å². The fourth-order valence-electron chi connectivity index (χ4n) is 6.07. The van der Waals surface area contributed by atoms with E-state index in [0.717, 1.165) is 85.1 Å². The molecule has 5 heteroatoms. The van der Waals surface area contributed by atoms with Crippen molar-refractivity contribution >= 4 is 0 Å². The van der Waals surface area contributed by atoms with Gasteiger partial charge in [0.05, 0.1) is 0 Å². The third kappa shape index (κ3) is 13.6. The highest BCUT2D eigenvalue weighted by atomic mass is 15.2. The normalized spacial score (nSPS) is 11.5. The van der Waals surface area contributed by atoms with E-state index in [0.29, 0.717) is 0 Å². The van der Waals surface area contributed by atoms with Gasteiger partial charge in [0.15, 0.2) is 0 Å². The van der Waals surface area contributed by atoms with E-state index in [9.17, 15) is 0 Å². The molecule has 48 heavy (non-hydrogen) atoms. The molecule has 250 valence electrons. The molecule has 0 atom stereocenters. The van der Waals surface area contributed by atoms with E-state index in [1.54, 1.807) is 0 Å². The number of rotatable bonds is 22. The zero-order valence-corrected chi connectivity index (χ0v) is 28.5. The summed E-state index contributed by atoms with van der Waals surface area (Å²) in [4.78, 5) is 7.76. The van der Waals surface area contributed by atoms with Gasteiger partial charge in [-0.05, 0) is 27.8 Å². The number of benzene rings is 5. The van der Waals surface area contributed by atoms with Crippen LogP contribution in [0.5, 0.6) is 0 Å². The molecular formula is C43H53N5. The molecule has 0 saturated carbocycles. The predicted octanol–water partition coefficient (Wildman–Crippen LogP) is 7.07. The first-order chi connectivity index (χ1) is 23.8. The van der Waals surface area contributed by atoms with Crippen LogP contribution in [0.1, 0.15) is 27.8 Å². The summed E-state index contributed by atoms with van der Waals surface area (Å²) in [6.45, 7) is 12.7. The molecule has 5 rings (SSSR count). The van der Waals surface area contributed by atoms with Crippen LogP contribution in [0.3, 0.4) is 0 Å².